The summed E-state index contributed by atoms with van der Waals surface area (Å²) in [5, 5.41) is 12.9. The summed E-state index contributed by atoms with van der Waals surface area (Å²) in [6.45, 7) is 2.05. The van der Waals surface area contributed by atoms with Gasteiger partial charge in [0.15, 0.2) is 0 Å². The second-order valence-electron chi connectivity index (χ2n) is 3.96. The summed E-state index contributed by atoms with van der Waals surface area (Å²) in [5.74, 6) is 0.293. The lowest BCUT2D eigenvalue weighted by Gasteiger charge is -2.06. The Hall–Kier alpha value is -2.09. The van der Waals surface area contributed by atoms with Crippen LogP contribution in [0, 0.1) is 6.92 Å². The highest BCUT2D eigenvalue weighted by molar-refractivity contribution is 6.09. The highest BCUT2D eigenvalue weighted by atomic mass is 16.3. The topological polar surface area (TPSA) is 33.1 Å². The Morgan fingerprint density at radius 2 is 1.94 bits per heavy atom. The maximum atomic E-state index is 9.92. The molecule has 0 aliphatic carbocycles. The molecule has 2 nitrogen and oxygen atoms in total. The van der Waals surface area contributed by atoms with Crippen molar-refractivity contribution in [2.24, 2.45) is 0 Å². The van der Waals surface area contributed by atoms with Crippen molar-refractivity contribution in [2.75, 3.05) is 0 Å². The monoisotopic (exact) mass is 209 g/mol. The number of pyridine rings is 1. The predicted octanol–water partition coefficient (Wildman–Crippen LogP) is 3.40. The Kier molecular flexibility index (Phi) is 1.83. The van der Waals surface area contributed by atoms with Gasteiger partial charge in [0.1, 0.15) is 5.75 Å². The van der Waals surface area contributed by atoms with E-state index in [2.05, 4.69) is 18.0 Å². The Morgan fingerprint density at radius 3 is 2.81 bits per heavy atom. The molecule has 16 heavy (non-hydrogen) atoms. The molecule has 1 aromatic heterocycles. The fraction of sp³-hybridized carbons (Fsp3) is 0.0714. The van der Waals surface area contributed by atoms with E-state index in [4.69, 9.17) is 0 Å². The van der Waals surface area contributed by atoms with Crippen LogP contribution in [-0.4, -0.2) is 10.1 Å². The van der Waals surface area contributed by atoms with E-state index >= 15 is 0 Å². The molecule has 0 bridgehead atoms. The molecule has 0 saturated carbocycles. The van der Waals surface area contributed by atoms with E-state index in [0.717, 1.165) is 21.7 Å². The van der Waals surface area contributed by atoms with Gasteiger partial charge in [-0.1, -0.05) is 24.3 Å². The van der Waals surface area contributed by atoms with Gasteiger partial charge in [-0.25, -0.2) is 0 Å². The molecule has 1 heterocycles. The van der Waals surface area contributed by atoms with Crippen LogP contribution in [0.5, 0.6) is 5.75 Å². The van der Waals surface area contributed by atoms with E-state index in [-0.39, 0.29) is 0 Å². The molecular formula is C14H11NO. The number of nitrogens with zero attached hydrogens (tertiary/aromatic N) is 1. The minimum absolute atomic E-state index is 0.293. The van der Waals surface area contributed by atoms with Crippen LogP contribution in [0.1, 0.15) is 5.56 Å². The lowest BCUT2D eigenvalue weighted by molar-refractivity contribution is 0.482. The summed E-state index contributed by atoms with van der Waals surface area (Å²) < 4.78 is 0. The van der Waals surface area contributed by atoms with Crippen LogP contribution in [0.2, 0.25) is 0 Å². The van der Waals surface area contributed by atoms with Gasteiger partial charge < -0.3 is 5.11 Å². The minimum atomic E-state index is 0.293. The number of phenolic OH excluding ortho intramolecular Hbond substituents is 1. The van der Waals surface area contributed by atoms with Crippen molar-refractivity contribution in [1.82, 2.24) is 4.98 Å². The molecule has 0 aliphatic rings. The van der Waals surface area contributed by atoms with Crippen LogP contribution < -0.4 is 0 Å². The molecule has 2 heteroatoms. The molecule has 0 amide bonds. The molecular weight excluding hydrogens is 198 g/mol. The Morgan fingerprint density at radius 1 is 1.06 bits per heavy atom. The first kappa shape index (κ1) is 9.16. The molecule has 3 rings (SSSR count). The van der Waals surface area contributed by atoms with Crippen LogP contribution in [-0.2, 0) is 0 Å². The molecule has 1 N–H and O–H groups in total. The van der Waals surface area contributed by atoms with E-state index < -0.39 is 0 Å². The number of aromatic hydroxyl groups is 1. The lowest BCUT2D eigenvalue weighted by atomic mass is 10.0. The molecule has 0 spiro atoms. The number of phenols is 1. The van der Waals surface area contributed by atoms with Crippen LogP contribution in [0.4, 0.5) is 0 Å². The zero-order valence-electron chi connectivity index (χ0n) is 8.94. The Bertz CT molecular complexity index is 689. The van der Waals surface area contributed by atoms with Crippen molar-refractivity contribution in [3.63, 3.8) is 0 Å². The molecule has 78 valence electrons. The fourth-order valence-corrected chi connectivity index (χ4v) is 2.11. The average Bonchev–Trinajstić information content (AvgIpc) is 2.29. The summed E-state index contributed by atoms with van der Waals surface area (Å²) in [6.07, 6.45) is 1.78. The quantitative estimate of drug-likeness (QED) is 0.575. The number of benzene rings is 2. The van der Waals surface area contributed by atoms with E-state index in [9.17, 15) is 5.11 Å². The number of fused-ring (bicyclic) bond motifs is 3. The number of rotatable bonds is 0. The van der Waals surface area contributed by atoms with Crippen molar-refractivity contribution in [1.29, 1.82) is 0 Å². The van der Waals surface area contributed by atoms with E-state index in [1.165, 1.54) is 5.56 Å². The van der Waals surface area contributed by atoms with Crippen LogP contribution in [0.25, 0.3) is 21.7 Å². The number of aryl methyl sites for hydroxylation is 1. The third kappa shape index (κ3) is 1.16. The minimum Gasteiger partial charge on any atom is -0.507 e. The van der Waals surface area contributed by atoms with Crippen LogP contribution in [0.15, 0.2) is 42.6 Å². The first-order valence-corrected chi connectivity index (χ1v) is 5.23. The average molecular weight is 209 g/mol. The van der Waals surface area contributed by atoms with Gasteiger partial charge in [-0.2, -0.15) is 0 Å². The van der Waals surface area contributed by atoms with Crippen molar-refractivity contribution >= 4 is 21.7 Å². The second-order valence-corrected chi connectivity index (χ2v) is 3.96. The summed E-state index contributed by atoms with van der Waals surface area (Å²) in [6, 6.07) is 11.6. The standard InChI is InChI=1S/C14H11NO/c1-9-7-8-15-14-11(9)6-5-10-3-2-4-12(16)13(10)14/h2-8,16H,1H3. The highest BCUT2D eigenvalue weighted by Gasteiger charge is 2.06. The highest BCUT2D eigenvalue weighted by Crippen LogP contribution is 2.31. The fourth-order valence-electron chi connectivity index (χ4n) is 2.11. The van der Waals surface area contributed by atoms with Crippen molar-refractivity contribution in [2.45, 2.75) is 6.92 Å². The zero-order chi connectivity index (χ0) is 11.1. The molecule has 0 aliphatic heterocycles. The summed E-state index contributed by atoms with van der Waals surface area (Å²) in [5.41, 5.74) is 2.05. The van der Waals surface area contributed by atoms with Crippen LogP contribution in [0.3, 0.4) is 0 Å². The van der Waals surface area contributed by atoms with E-state index in [0.29, 0.717) is 5.75 Å². The van der Waals surface area contributed by atoms with Crippen molar-refractivity contribution in [3.05, 3.63) is 48.2 Å². The number of hydrogen-bond acceptors (Lipinski definition) is 2. The first-order valence-electron chi connectivity index (χ1n) is 5.23. The maximum absolute atomic E-state index is 9.92. The van der Waals surface area contributed by atoms with Gasteiger partial charge in [0.2, 0.25) is 0 Å². The van der Waals surface area contributed by atoms with Gasteiger partial charge in [-0.05, 0) is 30.0 Å². The van der Waals surface area contributed by atoms with Crippen molar-refractivity contribution < 1.29 is 5.11 Å². The van der Waals surface area contributed by atoms with Gasteiger partial charge in [0.25, 0.3) is 0 Å². The Balaban J connectivity index is 2.64. The lowest BCUT2D eigenvalue weighted by Crippen LogP contribution is -1.84. The molecule has 0 saturated heterocycles. The van der Waals surface area contributed by atoms with Crippen LogP contribution >= 0.6 is 0 Å². The normalized spacial score (nSPS) is 11.1. The van der Waals surface area contributed by atoms with E-state index in [1.54, 1.807) is 12.3 Å². The van der Waals surface area contributed by atoms with Gasteiger partial charge in [0.05, 0.1) is 5.52 Å². The summed E-state index contributed by atoms with van der Waals surface area (Å²) >= 11 is 0. The first-order chi connectivity index (χ1) is 7.77. The van der Waals surface area contributed by atoms with Gasteiger partial charge >= 0.3 is 0 Å². The van der Waals surface area contributed by atoms with Gasteiger partial charge in [0, 0.05) is 17.0 Å². The molecule has 3 aromatic rings. The SMILES string of the molecule is Cc1ccnc2c1ccc1cccc(O)c12. The van der Waals surface area contributed by atoms with Crippen molar-refractivity contribution in [3.8, 4) is 5.75 Å². The third-order valence-corrected chi connectivity index (χ3v) is 2.95. The molecule has 2 aromatic carbocycles. The molecule has 0 fully saturated rings. The number of aromatic nitrogens is 1. The molecule has 0 atom stereocenters. The largest absolute Gasteiger partial charge is 0.507 e. The van der Waals surface area contributed by atoms with Gasteiger partial charge in [-0.15, -0.1) is 0 Å². The zero-order valence-corrected chi connectivity index (χ0v) is 8.94. The summed E-state index contributed by atoms with van der Waals surface area (Å²) in [4.78, 5) is 4.37. The molecule has 0 unspecified atom stereocenters. The predicted molar refractivity (Wildman–Crippen MR) is 65.7 cm³/mol. The summed E-state index contributed by atoms with van der Waals surface area (Å²) in [7, 11) is 0. The second kappa shape index (κ2) is 3.20. The molecule has 0 radical (unpaired) electrons. The number of hydrogen-bond donors (Lipinski definition) is 1. The third-order valence-electron chi connectivity index (χ3n) is 2.95. The van der Waals surface area contributed by atoms with Gasteiger partial charge in [-0.3, -0.25) is 4.98 Å². The van der Waals surface area contributed by atoms with E-state index in [1.807, 2.05) is 24.3 Å². The smallest absolute Gasteiger partial charge is 0.125 e. The maximum Gasteiger partial charge on any atom is 0.125 e. The Labute approximate surface area is 93.2 Å².